The number of benzene rings is 12. The van der Waals surface area contributed by atoms with Gasteiger partial charge in [-0.3, -0.25) is 22.8 Å². The Morgan fingerprint density at radius 3 is 1.18 bits per heavy atom. The highest BCUT2D eigenvalue weighted by Gasteiger charge is 2.24. The monoisotopic (exact) mass is 2050 g/mol. The van der Waals surface area contributed by atoms with Crippen molar-refractivity contribution in [3.63, 3.8) is 0 Å². The van der Waals surface area contributed by atoms with Gasteiger partial charge >= 0.3 is 0 Å². The van der Waals surface area contributed by atoms with Gasteiger partial charge in [0.25, 0.3) is 50.6 Å². The molecule has 0 radical (unpaired) electrons. The quantitative estimate of drug-likeness (QED) is 0.00973. The molecule has 0 saturated heterocycles. The van der Waals surface area contributed by atoms with Crippen molar-refractivity contribution >= 4 is 188 Å². The topological polar surface area (TPSA) is 614 Å². The third-order valence-electron chi connectivity index (χ3n) is 20.3. The first-order valence-electron chi connectivity index (χ1n) is 43.4. The second-order valence-corrected chi connectivity index (χ2v) is 38.9. The number of nitrogens with zero attached hydrogens (tertiary/aromatic N) is 22. The fourth-order valence-corrected chi connectivity index (χ4v) is 16.1. The first-order chi connectivity index (χ1) is 68.5. The zero-order valence-electron chi connectivity index (χ0n) is 76.1. The summed E-state index contributed by atoms with van der Waals surface area (Å²) in [5, 5.41) is 81.5. The molecule has 0 unspecified atom stereocenters. The molecule has 0 fully saturated rings. The molecule has 49 heteroatoms. The summed E-state index contributed by atoms with van der Waals surface area (Å²) in [4.78, 5) is 27.4. The van der Waals surface area contributed by atoms with Gasteiger partial charge in [0.2, 0.25) is 23.8 Å². The summed E-state index contributed by atoms with van der Waals surface area (Å²) < 4.78 is 182. The largest absolute Gasteiger partial charge is 0.493 e. The number of aromatic nitrogens is 6. The minimum Gasteiger partial charge on any atom is -0.493 e. The van der Waals surface area contributed by atoms with Crippen molar-refractivity contribution in [3.8, 4) is 11.5 Å². The van der Waals surface area contributed by atoms with Gasteiger partial charge in [0.05, 0.1) is 113 Å². The number of nitrogens with one attached hydrogen (secondary N) is 4. The van der Waals surface area contributed by atoms with Gasteiger partial charge in [-0.2, -0.15) is 133 Å². The summed E-state index contributed by atoms with van der Waals surface area (Å²) in [6, 6.07) is 66.1. The van der Waals surface area contributed by atoms with Gasteiger partial charge in [-0.15, -0.1) is 15.3 Å². The molecular formula is C94H87ClN26O17S5. The summed E-state index contributed by atoms with van der Waals surface area (Å²) in [5.74, 6) is 0.978. The molecule has 43 nitrogen and oxygen atoms in total. The van der Waals surface area contributed by atoms with Crippen LogP contribution in [0.1, 0.15) is 78.5 Å². The highest BCUT2D eigenvalue weighted by Crippen LogP contribution is 2.42. The van der Waals surface area contributed by atoms with Crippen molar-refractivity contribution in [2.45, 2.75) is 92.2 Å². The van der Waals surface area contributed by atoms with Crippen molar-refractivity contribution in [3.05, 3.63) is 299 Å². The van der Waals surface area contributed by atoms with Crippen LogP contribution in [0.5, 0.6) is 11.5 Å². The Kier molecular flexibility index (Phi) is 34.1. The Labute approximate surface area is 825 Å². The number of azo groups is 8. The number of hydrogen-bond acceptors (Lipinski definition) is 38. The zero-order chi connectivity index (χ0) is 101. The normalized spacial score (nSPS) is 12.4. The third kappa shape index (κ3) is 31.0. The highest BCUT2D eigenvalue weighted by atomic mass is 35.5. The van der Waals surface area contributed by atoms with E-state index in [-0.39, 0.29) is 123 Å². The predicted octanol–water partition coefficient (Wildman–Crippen LogP) is 25.8. The lowest BCUT2D eigenvalue weighted by molar-refractivity contribution is 0.313. The first-order valence-corrected chi connectivity index (χ1v) is 51.2. The van der Waals surface area contributed by atoms with E-state index in [9.17, 15) is 64.9 Å². The maximum Gasteiger partial charge on any atom is 0.296 e. The summed E-state index contributed by atoms with van der Waals surface area (Å²) in [6.45, 7) is 8.10. The molecule has 2 aromatic heterocycles. The second-order valence-electron chi connectivity index (χ2n) is 31.3. The number of hydrogen-bond donors (Lipinski definition) is 9. The van der Waals surface area contributed by atoms with Gasteiger partial charge in [0.15, 0.2) is 0 Å². The predicted molar refractivity (Wildman–Crippen MR) is 534 cm³/mol. The van der Waals surface area contributed by atoms with E-state index in [2.05, 4.69) is 103 Å². The Morgan fingerprint density at radius 2 is 0.706 bits per heavy atom. The first kappa shape index (κ1) is 103. The van der Waals surface area contributed by atoms with Gasteiger partial charge in [0.1, 0.15) is 50.0 Å². The van der Waals surface area contributed by atoms with Crippen LogP contribution in [-0.4, -0.2) is 127 Å². The lowest BCUT2D eigenvalue weighted by atomic mass is 10.0. The Bertz CT molecular complexity index is 7870. The third-order valence-corrected chi connectivity index (χ3v) is 24.9. The number of anilines is 6. The Hall–Kier alpha value is -15.9. The van der Waals surface area contributed by atoms with Crippen molar-refractivity contribution in [1.29, 1.82) is 0 Å². The molecule has 14 aromatic rings. The van der Waals surface area contributed by atoms with Crippen LogP contribution < -0.4 is 30.7 Å². The molecule has 0 bridgehead atoms. The molecule has 0 amide bonds. The SMILES string of the molecule is CCCOc1cc(N=Nc2ccc(N=Nc3ccccc3)cc2S(=O)(=O)O)c(Cl)cc1Nc1nc(NCCCCCNc2nc(Cc3ccc(N=Nc4ccc(N=Nc5ccccc5)cc4S(=O)(=O)O)c(C)c3)nc(Cc3cc(C)c(N=Nc4ccc(N=Nc5ccc(S(=O)(=O)O)cc5)cc4)cc3OCCCS(=O)(=O)O)n2)nc(Nc2ccc(N=Nc3ccc(N=Nc4ccc(S(=O)(=O)O)cc4)cc3)c(C)c2)n1. The summed E-state index contributed by atoms with van der Waals surface area (Å²) in [6.07, 6.45) is 2.44. The van der Waals surface area contributed by atoms with E-state index < -0.39 is 66.1 Å². The molecule has 143 heavy (non-hydrogen) atoms. The van der Waals surface area contributed by atoms with Crippen LogP contribution in [0.3, 0.4) is 0 Å². The fourth-order valence-electron chi connectivity index (χ4n) is 13.2. The van der Waals surface area contributed by atoms with Gasteiger partial charge in [0, 0.05) is 49.3 Å². The zero-order valence-corrected chi connectivity index (χ0v) is 81.0. The van der Waals surface area contributed by atoms with E-state index >= 15 is 0 Å². The van der Waals surface area contributed by atoms with E-state index in [0.717, 1.165) is 17.7 Å². The molecule has 12 aromatic carbocycles. The molecule has 0 aliphatic rings. The number of aryl methyl sites for hydroxylation is 3. The number of halogens is 1. The van der Waals surface area contributed by atoms with Crippen LogP contribution in [0, 0.1) is 20.8 Å². The van der Waals surface area contributed by atoms with Crippen molar-refractivity contribution in [2.24, 2.45) is 81.8 Å². The van der Waals surface area contributed by atoms with Crippen molar-refractivity contribution in [1.82, 2.24) is 29.9 Å². The molecule has 0 saturated carbocycles. The van der Waals surface area contributed by atoms with E-state index in [1.165, 1.54) is 84.9 Å². The molecule has 732 valence electrons. The molecular weight excluding hydrogens is 1960 g/mol. The summed E-state index contributed by atoms with van der Waals surface area (Å²) in [5.41, 5.74) is 8.79. The molecule has 0 atom stereocenters. The lowest BCUT2D eigenvalue weighted by Gasteiger charge is -2.15. The van der Waals surface area contributed by atoms with Gasteiger partial charge in [-0.05, 0) is 269 Å². The van der Waals surface area contributed by atoms with Gasteiger partial charge < -0.3 is 30.7 Å². The van der Waals surface area contributed by atoms with Crippen LogP contribution in [0.15, 0.2) is 356 Å². The molecule has 2 heterocycles. The summed E-state index contributed by atoms with van der Waals surface area (Å²) in [7, 11) is -22.9. The van der Waals surface area contributed by atoms with Crippen LogP contribution in [0.25, 0.3) is 0 Å². The van der Waals surface area contributed by atoms with Gasteiger partial charge in [-0.1, -0.05) is 67.1 Å². The second kappa shape index (κ2) is 47.4. The molecule has 0 aliphatic carbocycles. The lowest BCUT2D eigenvalue weighted by Crippen LogP contribution is -2.13. The minimum absolute atomic E-state index is 0.0188. The molecule has 0 spiro atoms. The van der Waals surface area contributed by atoms with E-state index in [1.54, 1.807) is 147 Å². The average molecular weight is 2050 g/mol. The van der Waals surface area contributed by atoms with Gasteiger partial charge in [-0.25, -0.2) is 4.98 Å². The maximum absolute atomic E-state index is 12.8. The minimum atomic E-state index is -4.88. The smallest absolute Gasteiger partial charge is 0.296 e. The van der Waals surface area contributed by atoms with Crippen LogP contribution >= 0.6 is 11.6 Å². The Morgan fingerprint density at radius 1 is 0.322 bits per heavy atom. The van der Waals surface area contributed by atoms with Crippen molar-refractivity contribution in [2.75, 3.05) is 53.3 Å². The van der Waals surface area contributed by atoms with Crippen molar-refractivity contribution < 1.29 is 74.3 Å². The molecule has 0 aliphatic heterocycles. The Balaban J connectivity index is 0.706. The van der Waals surface area contributed by atoms with E-state index in [0.29, 0.717) is 135 Å². The van der Waals surface area contributed by atoms with Crippen LogP contribution in [0.4, 0.5) is 126 Å². The van der Waals surface area contributed by atoms with E-state index in [1.807, 2.05) is 38.1 Å². The fraction of sp³-hybridized carbons (Fsp3) is 0.170. The number of unbranched alkanes of at least 4 members (excludes halogenated alkanes) is 2. The highest BCUT2D eigenvalue weighted by molar-refractivity contribution is 7.87. The molecule has 9 N–H and O–H groups in total. The average Bonchev–Trinajstić information content (AvgIpc) is 0.806. The summed E-state index contributed by atoms with van der Waals surface area (Å²) >= 11 is 6.96. The number of rotatable bonds is 44. The maximum atomic E-state index is 12.8. The van der Waals surface area contributed by atoms with E-state index in [4.69, 9.17) is 51.0 Å². The van der Waals surface area contributed by atoms with Crippen LogP contribution in [0.2, 0.25) is 5.02 Å². The molecule has 14 rings (SSSR count). The van der Waals surface area contributed by atoms with Crippen LogP contribution in [-0.2, 0) is 63.4 Å². The standard InChI is InChI=1S/C94H87ClN26O17S5/c1-5-46-137-86-58-83(121-119-81-43-35-74(55-88(81)143(134,135)136)115-107-65-18-11-7-12-19-65)77(95)56-84(86)99-94-104-92(103-93(105-94)98-72-33-41-79(61(4)51-72)116-112-68-25-21-66(22-26-68)108-110-70-29-36-75(37-30-70)140(125,126)127)97-45-14-8-13-44-96-91-101-89(52-62-20-40-78(59(2)49-62)117-118-80-42-34-73(54-87(80)142(131,132)133)114-106-64-16-9-6-10-17-64)100-90(102-91)53-63-50-60(3)82(57-85(63)138-47-15-48-139(122,123)124)120-113-69-27-23-67(24-28-69)109-111-71-31-38-76(39-32-71)141(128,129)130/h6-7,9-12,16-43,49-51,54-58H,5,8,13-15,44-48,52-53H2,1-4H3,(H,122,123,124)(H,125,126,127)(H,128,129,130)(H,131,132,133)(H,134,135,136)(H,96,100,101,102)(H3,97,98,99,103,104,105). The number of ether oxygens (including phenoxy) is 2.